The molecule has 4 N–H and O–H groups in total. The summed E-state index contributed by atoms with van der Waals surface area (Å²) in [4.78, 5) is 54.9. The number of aromatic hydroxyl groups is 1. The highest BCUT2D eigenvalue weighted by molar-refractivity contribution is 7.13. The van der Waals surface area contributed by atoms with Gasteiger partial charge in [-0.25, -0.2) is 4.98 Å². The third-order valence-corrected chi connectivity index (χ3v) is 13.1. The van der Waals surface area contributed by atoms with Crippen LogP contribution in [0.2, 0.25) is 0 Å². The Balaban J connectivity index is 0.793. The zero-order valence-corrected chi connectivity index (χ0v) is 36.8. The minimum atomic E-state index is -0.848. The van der Waals surface area contributed by atoms with Crippen LogP contribution in [0.4, 0.5) is 0 Å². The molecule has 63 heavy (non-hydrogen) atoms. The Labute approximate surface area is 369 Å². The Hall–Kier alpha value is -6.17. The summed E-state index contributed by atoms with van der Waals surface area (Å²) in [5.41, 5.74) is 7.70. The summed E-state index contributed by atoms with van der Waals surface area (Å²) in [7, 11) is 1.92. The Morgan fingerprint density at radius 1 is 1.05 bits per heavy atom. The van der Waals surface area contributed by atoms with Gasteiger partial charge in [-0.2, -0.15) is 0 Å². The number of hydrogen-bond acceptors (Lipinski definition) is 13. The normalized spacial score (nSPS) is 17.7. The SMILES string of the molecule is Cc1ncsc1-c1ccc([C@H](C)NC(=O)[C@@H]2C[C@@H](O)CN2C(=O)[C@@H](c2cc(OCCN(C)CCC(=O)N3CC(c4c[nH]c5nnc(-c6ccccc6O)cc45)C3)no2)C(C)C)cc1. The number of carbonyl (C=O) groups excluding carboxylic acids is 3. The molecule has 6 aromatic rings. The third kappa shape index (κ3) is 9.45. The van der Waals surface area contributed by atoms with Crippen molar-refractivity contribution in [3.8, 4) is 33.3 Å². The maximum Gasteiger partial charge on any atom is 0.254 e. The Morgan fingerprint density at radius 2 is 1.83 bits per heavy atom. The van der Waals surface area contributed by atoms with Crippen LogP contribution in [0.1, 0.15) is 74.1 Å². The molecule has 2 fully saturated rings. The van der Waals surface area contributed by atoms with Crippen molar-refractivity contribution in [3.05, 3.63) is 95.0 Å². The van der Waals surface area contributed by atoms with Crippen LogP contribution in [0.5, 0.6) is 11.6 Å². The number of aromatic nitrogens is 5. The molecule has 17 heteroatoms. The van der Waals surface area contributed by atoms with Gasteiger partial charge in [-0.3, -0.25) is 14.4 Å². The van der Waals surface area contributed by atoms with E-state index >= 15 is 0 Å². The number of aromatic amines is 1. The lowest BCUT2D eigenvalue weighted by atomic mass is 9.91. The van der Waals surface area contributed by atoms with Gasteiger partial charge in [0.1, 0.15) is 24.3 Å². The summed E-state index contributed by atoms with van der Waals surface area (Å²) in [6.45, 7) is 10.3. The van der Waals surface area contributed by atoms with Crippen molar-refractivity contribution >= 4 is 40.1 Å². The van der Waals surface area contributed by atoms with Crippen LogP contribution in [0.3, 0.4) is 0 Å². The van der Waals surface area contributed by atoms with Crippen molar-refractivity contribution in [2.45, 2.75) is 70.6 Å². The molecule has 16 nitrogen and oxygen atoms in total. The van der Waals surface area contributed by atoms with E-state index in [0.717, 1.165) is 32.6 Å². The number of rotatable bonds is 16. The number of H-pyrrole nitrogens is 1. The third-order valence-electron chi connectivity index (χ3n) is 12.1. The van der Waals surface area contributed by atoms with Gasteiger partial charge in [0.25, 0.3) is 5.88 Å². The van der Waals surface area contributed by atoms with E-state index in [1.54, 1.807) is 35.6 Å². The molecule has 3 amide bonds. The first kappa shape index (κ1) is 43.5. The van der Waals surface area contributed by atoms with E-state index in [1.165, 1.54) is 4.90 Å². The molecule has 4 atom stereocenters. The molecular formula is C46H53N9O7S. The standard InChI is InChI=1S/C46H53N9O7S/c1-26(2)42(46(60)55-24-32(56)18-37(55)45(59)49-27(3)29-10-12-30(13-11-29)43-28(4)48-25-63-43)39-20-40(52-62-39)61-17-16-53(5)15-14-41(58)54-22-31(23-54)35-21-47-44-34(35)19-36(50-51-44)33-8-6-7-9-38(33)57/h6-13,19-21,25-27,31-32,37,42,56-57H,14-18,22-24H2,1-5H3,(H,47,51)(H,49,59)/t27-,32+,37-,42+/m0/s1. The number of thiazole rings is 1. The van der Waals surface area contributed by atoms with E-state index in [4.69, 9.17) is 9.26 Å². The van der Waals surface area contributed by atoms with Gasteiger partial charge >= 0.3 is 0 Å². The second-order valence-electron chi connectivity index (χ2n) is 17.0. The second kappa shape index (κ2) is 18.7. The fraction of sp³-hybridized carbons (Fsp3) is 0.413. The van der Waals surface area contributed by atoms with E-state index in [9.17, 15) is 24.6 Å². The summed E-state index contributed by atoms with van der Waals surface area (Å²) in [5.74, 6) is -0.683. The fourth-order valence-corrected chi connectivity index (χ4v) is 9.26. The number of ether oxygens (including phenoxy) is 1. The van der Waals surface area contributed by atoms with Crippen molar-refractivity contribution in [1.29, 1.82) is 0 Å². The number of phenolic OH excluding ortho intramolecular Hbond substituents is 1. The number of benzene rings is 2. The predicted molar refractivity (Wildman–Crippen MR) is 237 cm³/mol. The molecule has 0 bridgehead atoms. The van der Waals surface area contributed by atoms with Gasteiger partial charge in [-0.05, 0) is 66.9 Å². The lowest BCUT2D eigenvalue weighted by Crippen LogP contribution is -2.49. The van der Waals surface area contributed by atoms with E-state index in [-0.39, 0.29) is 66.8 Å². The molecular weight excluding hydrogens is 823 g/mol. The maximum absolute atomic E-state index is 14.1. The van der Waals surface area contributed by atoms with Crippen molar-refractivity contribution in [1.82, 2.24) is 45.3 Å². The number of β-amino-alcohol motifs (C(OH)–C–C–N with tert-alkyl or cyclic N) is 1. The van der Waals surface area contributed by atoms with Crippen molar-refractivity contribution in [2.24, 2.45) is 5.92 Å². The second-order valence-corrected chi connectivity index (χ2v) is 17.8. The van der Waals surface area contributed by atoms with Gasteiger partial charge < -0.3 is 44.5 Å². The number of aryl methyl sites for hydroxylation is 1. The van der Waals surface area contributed by atoms with Crippen molar-refractivity contribution in [2.75, 3.05) is 46.4 Å². The monoisotopic (exact) mass is 875 g/mol. The van der Waals surface area contributed by atoms with Crippen LogP contribution in [0.25, 0.3) is 32.7 Å². The first-order valence-corrected chi connectivity index (χ1v) is 22.2. The van der Waals surface area contributed by atoms with E-state index in [0.29, 0.717) is 55.3 Å². The topological polar surface area (TPSA) is 203 Å². The lowest BCUT2D eigenvalue weighted by molar-refractivity contribution is -0.141. The summed E-state index contributed by atoms with van der Waals surface area (Å²) in [6.07, 6.45) is 1.57. The van der Waals surface area contributed by atoms with E-state index < -0.39 is 18.1 Å². The van der Waals surface area contributed by atoms with Gasteiger partial charge in [0, 0.05) is 74.7 Å². The number of aliphatic hydroxyl groups is 1. The first-order valence-electron chi connectivity index (χ1n) is 21.3. The van der Waals surface area contributed by atoms with Gasteiger partial charge in [-0.1, -0.05) is 50.2 Å². The van der Waals surface area contributed by atoms with Crippen molar-refractivity contribution < 1.29 is 33.9 Å². The highest BCUT2D eigenvalue weighted by atomic mass is 32.1. The van der Waals surface area contributed by atoms with Gasteiger partial charge in [0.2, 0.25) is 17.7 Å². The molecule has 0 spiro atoms. The molecule has 2 aliphatic rings. The number of fused-ring (bicyclic) bond motifs is 1. The van der Waals surface area contributed by atoms with Crippen LogP contribution in [0.15, 0.2) is 76.9 Å². The van der Waals surface area contributed by atoms with Crippen molar-refractivity contribution in [3.63, 3.8) is 0 Å². The zero-order chi connectivity index (χ0) is 44.4. The Morgan fingerprint density at radius 3 is 2.56 bits per heavy atom. The number of phenols is 1. The van der Waals surface area contributed by atoms with Gasteiger partial charge in [0.15, 0.2) is 11.4 Å². The van der Waals surface area contributed by atoms with E-state index in [1.807, 2.05) is 92.6 Å². The summed E-state index contributed by atoms with van der Waals surface area (Å²) in [5, 5.41) is 37.6. The highest BCUT2D eigenvalue weighted by Gasteiger charge is 2.43. The number of likely N-dealkylation sites (tertiary alicyclic amines) is 2. The van der Waals surface area contributed by atoms with Crippen LogP contribution in [0, 0.1) is 12.8 Å². The smallest absolute Gasteiger partial charge is 0.254 e. The predicted octanol–water partition coefficient (Wildman–Crippen LogP) is 5.66. The zero-order valence-electron chi connectivity index (χ0n) is 36.0. The summed E-state index contributed by atoms with van der Waals surface area (Å²) < 4.78 is 11.6. The first-order chi connectivity index (χ1) is 30.3. The molecule has 0 radical (unpaired) electrons. The van der Waals surface area contributed by atoms with Gasteiger partial charge in [0.05, 0.1) is 33.9 Å². The number of nitrogens with one attached hydrogen (secondary N) is 2. The lowest BCUT2D eigenvalue weighted by Gasteiger charge is -2.39. The molecule has 8 rings (SSSR count). The number of aliphatic hydroxyl groups excluding tert-OH is 1. The largest absolute Gasteiger partial charge is 0.507 e. The van der Waals surface area contributed by atoms with Gasteiger partial charge in [-0.15, -0.1) is 21.5 Å². The summed E-state index contributed by atoms with van der Waals surface area (Å²) in [6, 6.07) is 17.4. The van der Waals surface area contributed by atoms with Crippen LogP contribution in [-0.2, 0) is 14.4 Å². The Kier molecular flexibility index (Phi) is 12.9. The number of carbonyl (C=O) groups is 3. The number of para-hydroxylation sites is 1. The molecule has 2 aliphatic heterocycles. The minimum absolute atomic E-state index is 0.0323. The number of hydrogen-bond donors (Lipinski definition) is 4. The average molecular weight is 876 g/mol. The number of likely N-dealkylation sites (N-methyl/N-ethyl adjacent to an activating group) is 1. The van der Waals surface area contributed by atoms with Crippen LogP contribution in [-0.4, -0.2) is 126 Å². The average Bonchev–Trinajstić information content (AvgIpc) is 4.07. The molecule has 2 aromatic carbocycles. The molecule has 0 saturated carbocycles. The quantitative estimate of drug-likeness (QED) is 0.0932. The molecule has 0 aliphatic carbocycles. The molecule has 330 valence electrons. The fourth-order valence-electron chi connectivity index (χ4n) is 8.44. The van der Waals surface area contributed by atoms with Crippen LogP contribution < -0.4 is 10.1 Å². The summed E-state index contributed by atoms with van der Waals surface area (Å²) >= 11 is 1.58. The molecule has 2 saturated heterocycles. The number of amides is 3. The highest BCUT2D eigenvalue weighted by Crippen LogP contribution is 2.36. The molecule has 6 heterocycles. The minimum Gasteiger partial charge on any atom is -0.507 e. The molecule has 4 aromatic heterocycles. The van der Waals surface area contributed by atoms with E-state index in [2.05, 4.69) is 30.6 Å². The van der Waals surface area contributed by atoms with Crippen LogP contribution >= 0.6 is 11.3 Å². The Bertz CT molecular complexity index is 2570. The molecule has 0 unspecified atom stereocenters. The maximum atomic E-state index is 14.1. The number of nitrogens with zero attached hydrogens (tertiary/aromatic N) is 7.